The molecule has 6 nitrogen and oxygen atoms in total. The first-order valence-corrected chi connectivity index (χ1v) is 10.2. The Bertz CT molecular complexity index is 1100. The predicted octanol–water partition coefficient (Wildman–Crippen LogP) is 4.36. The molecule has 1 unspecified atom stereocenters. The molecule has 1 amide bonds. The molecule has 0 spiro atoms. The van der Waals surface area contributed by atoms with Crippen molar-refractivity contribution in [3.8, 4) is 11.3 Å². The lowest BCUT2D eigenvalue weighted by Gasteiger charge is -2.32. The fourth-order valence-electron chi connectivity index (χ4n) is 3.71. The Balaban J connectivity index is 1.79. The lowest BCUT2D eigenvalue weighted by Crippen LogP contribution is -2.46. The smallest absolute Gasteiger partial charge is 0.409 e. The fraction of sp³-hybridized carbons (Fsp3) is 0.333. The lowest BCUT2D eigenvalue weighted by atomic mass is 10.0. The van der Waals surface area contributed by atoms with Crippen LogP contribution in [0.25, 0.3) is 16.9 Å². The van der Waals surface area contributed by atoms with Crippen molar-refractivity contribution in [1.29, 1.82) is 0 Å². The summed E-state index contributed by atoms with van der Waals surface area (Å²) in [5.41, 5.74) is 2.22. The summed E-state index contributed by atoms with van der Waals surface area (Å²) in [5.74, 6) is -1.41. The van der Waals surface area contributed by atoms with Gasteiger partial charge in [0.05, 0.1) is 43.3 Å². The second-order valence-electron chi connectivity index (χ2n) is 7.20. The molecule has 30 heavy (non-hydrogen) atoms. The summed E-state index contributed by atoms with van der Waals surface area (Å²) in [6.45, 7) is 3.02. The molecule has 2 aromatic heterocycles. The number of methoxy groups -OCH3 is 1. The molecule has 4 rings (SSSR count). The van der Waals surface area contributed by atoms with E-state index in [1.807, 2.05) is 29.7 Å². The minimum absolute atomic E-state index is 0.185. The van der Waals surface area contributed by atoms with E-state index in [0.717, 1.165) is 5.56 Å². The molecule has 0 bridgehead atoms. The molecule has 1 aliphatic heterocycles. The number of carbonyl (C=O) groups excluding carboxylic acids is 1. The number of imidazole rings is 1. The zero-order valence-electron chi connectivity index (χ0n) is 16.5. The molecule has 0 radical (unpaired) electrons. The number of benzene rings is 1. The van der Waals surface area contributed by atoms with Crippen LogP contribution in [-0.4, -0.2) is 53.3 Å². The summed E-state index contributed by atoms with van der Waals surface area (Å²) < 4.78 is 42.3. The highest BCUT2D eigenvalue weighted by atomic mass is 79.9. The maximum Gasteiger partial charge on any atom is 0.409 e. The Labute approximate surface area is 180 Å². The molecule has 0 saturated carbocycles. The summed E-state index contributed by atoms with van der Waals surface area (Å²) in [6, 6.07) is 6.18. The normalized spacial score (nSPS) is 16.8. The number of pyridine rings is 1. The number of aryl methyl sites for hydroxylation is 1. The van der Waals surface area contributed by atoms with Gasteiger partial charge < -0.3 is 18.8 Å². The summed E-state index contributed by atoms with van der Waals surface area (Å²) in [7, 11) is 1.33. The third-order valence-electron chi connectivity index (χ3n) is 5.12. The van der Waals surface area contributed by atoms with Gasteiger partial charge in [0.15, 0.2) is 0 Å². The number of fused-ring (bicyclic) bond motifs is 1. The van der Waals surface area contributed by atoms with Gasteiger partial charge in [-0.1, -0.05) is 15.9 Å². The number of halogens is 3. The number of carbonyl (C=O) groups is 1. The van der Waals surface area contributed by atoms with Crippen molar-refractivity contribution in [3.63, 3.8) is 0 Å². The van der Waals surface area contributed by atoms with Gasteiger partial charge in [-0.15, -0.1) is 0 Å². The number of ether oxygens (including phenoxy) is 2. The molecule has 1 aliphatic rings. The molecule has 9 heteroatoms. The third-order valence-corrected chi connectivity index (χ3v) is 5.57. The number of aromatic nitrogens is 2. The van der Waals surface area contributed by atoms with E-state index < -0.39 is 17.7 Å². The van der Waals surface area contributed by atoms with Crippen LogP contribution in [0.1, 0.15) is 11.3 Å². The monoisotopic (exact) mass is 479 g/mol. The van der Waals surface area contributed by atoms with Crippen molar-refractivity contribution >= 4 is 27.7 Å². The van der Waals surface area contributed by atoms with Crippen molar-refractivity contribution in [1.82, 2.24) is 14.3 Å². The van der Waals surface area contributed by atoms with Crippen LogP contribution in [0.15, 0.2) is 34.9 Å². The quantitative estimate of drug-likeness (QED) is 0.559. The number of hydrogen-bond donors (Lipinski definition) is 0. The Hall–Kier alpha value is -2.52. The van der Waals surface area contributed by atoms with E-state index in [0.29, 0.717) is 41.9 Å². The van der Waals surface area contributed by atoms with E-state index >= 15 is 0 Å². The molecule has 1 atom stereocenters. The van der Waals surface area contributed by atoms with E-state index in [1.165, 1.54) is 19.2 Å². The van der Waals surface area contributed by atoms with Gasteiger partial charge >= 0.3 is 6.09 Å². The van der Waals surface area contributed by atoms with E-state index in [2.05, 4.69) is 20.9 Å². The van der Waals surface area contributed by atoms with Crippen LogP contribution in [0, 0.1) is 18.6 Å². The first kappa shape index (κ1) is 20.7. The van der Waals surface area contributed by atoms with Crippen LogP contribution in [0.2, 0.25) is 0 Å². The summed E-state index contributed by atoms with van der Waals surface area (Å²) in [6.07, 6.45) is 1.36. The van der Waals surface area contributed by atoms with Crippen LogP contribution in [0.3, 0.4) is 0 Å². The van der Waals surface area contributed by atoms with Gasteiger partial charge in [-0.05, 0) is 36.8 Å². The highest BCUT2D eigenvalue weighted by molar-refractivity contribution is 9.10. The number of nitrogens with zero attached hydrogens (tertiary/aromatic N) is 3. The van der Waals surface area contributed by atoms with Crippen LogP contribution in [-0.2, 0) is 15.9 Å². The van der Waals surface area contributed by atoms with Gasteiger partial charge in [0.25, 0.3) is 0 Å². The maximum atomic E-state index is 14.8. The second-order valence-corrected chi connectivity index (χ2v) is 8.11. The highest BCUT2D eigenvalue weighted by Crippen LogP contribution is 2.33. The minimum Gasteiger partial charge on any atom is -0.453 e. The van der Waals surface area contributed by atoms with Crippen molar-refractivity contribution in [2.24, 2.45) is 0 Å². The van der Waals surface area contributed by atoms with Gasteiger partial charge in [-0.25, -0.2) is 18.6 Å². The Morgan fingerprint density at radius 1 is 1.33 bits per heavy atom. The fourth-order valence-corrected chi connectivity index (χ4v) is 4.12. The van der Waals surface area contributed by atoms with Crippen molar-refractivity contribution in [2.45, 2.75) is 19.4 Å². The van der Waals surface area contributed by atoms with E-state index in [1.54, 1.807) is 4.90 Å². The molecule has 3 heterocycles. The standard InChI is InChI=1S/C21H20BrF2N3O3/c1-12-3-4-27-17(10-14-11-26(5-6-30-14)21(28)29-2)20(25-18(27)7-12)19-15(23)8-13(22)9-16(19)24/h3-4,7-9,14H,5-6,10-11H2,1-2H3. The summed E-state index contributed by atoms with van der Waals surface area (Å²) in [4.78, 5) is 18.0. The largest absolute Gasteiger partial charge is 0.453 e. The zero-order chi connectivity index (χ0) is 21.4. The minimum atomic E-state index is -0.705. The Morgan fingerprint density at radius 2 is 2.07 bits per heavy atom. The summed E-state index contributed by atoms with van der Waals surface area (Å²) in [5, 5.41) is 0. The number of hydrogen-bond acceptors (Lipinski definition) is 4. The topological polar surface area (TPSA) is 56.1 Å². The van der Waals surface area contributed by atoms with Crippen molar-refractivity contribution in [2.75, 3.05) is 26.8 Å². The molecule has 1 aromatic carbocycles. The average molecular weight is 480 g/mol. The van der Waals surface area contributed by atoms with E-state index in [9.17, 15) is 13.6 Å². The molecular weight excluding hydrogens is 460 g/mol. The van der Waals surface area contributed by atoms with E-state index in [-0.39, 0.29) is 17.4 Å². The van der Waals surface area contributed by atoms with Crippen molar-refractivity contribution in [3.05, 3.63) is 57.8 Å². The van der Waals surface area contributed by atoms with Gasteiger partial charge in [0.1, 0.15) is 17.3 Å². The second kappa shape index (κ2) is 8.31. The average Bonchev–Trinajstić information content (AvgIpc) is 3.03. The lowest BCUT2D eigenvalue weighted by molar-refractivity contribution is -0.0241. The highest BCUT2D eigenvalue weighted by Gasteiger charge is 2.29. The van der Waals surface area contributed by atoms with Crippen molar-refractivity contribution < 1.29 is 23.0 Å². The number of rotatable bonds is 3. The number of morpholine rings is 1. The van der Waals surface area contributed by atoms with Crippen LogP contribution >= 0.6 is 15.9 Å². The summed E-state index contributed by atoms with van der Waals surface area (Å²) >= 11 is 3.11. The predicted molar refractivity (Wildman–Crippen MR) is 110 cm³/mol. The maximum absolute atomic E-state index is 14.8. The molecule has 1 saturated heterocycles. The van der Waals surface area contributed by atoms with Gasteiger partial charge in [0.2, 0.25) is 0 Å². The van der Waals surface area contributed by atoms with Crippen LogP contribution in [0.4, 0.5) is 13.6 Å². The SMILES string of the molecule is COC(=O)N1CCOC(Cc2c(-c3c(F)cc(Br)cc3F)nc3cc(C)ccn23)C1. The Kier molecular flexibility index (Phi) is 5.75. The van der Waals surface area contributed by atoms with Gasteiger partial charge in [-0.3, -0.25) is 0 Å². The molecule has 3 aromatic rings. The van der Waals surface area contributed by atoms with Crippen LogP contribution < -0.4 is 0 Å². The molecule has 158 valence electrons. The van der Waals surface area contributed by atoms with E-state index in [4.69, 9.17) is 9.47 Å². The first-order valence-electron chi connectivity index (χ1n) is 9.44. The molecule has 1 fully saturated rings. The third kappa shape index (κ3) is 3.91. The van der Waals surface area contributed by atoms with Gasteiger partial charge in [0, 0.05) is 23.6 Å². The molecule has 0 aliphatic carbocycles. The number of amides is 1. The first-order chi connectivity index (χ1) is 14.4. The Morgan fingerprint density at radius 3 is 2.77 bits per heavy atom. The van der Waals surface area contributed by atoms with Gasteiger partial charge in [-0.2, -0.15) is 0 Å². The van der Waals surface area contributed by atoms with Crippen LogP contribution in [0.5, 0.6) is 0 Å². The molecule has 0 N–H and O–H groups in total. The molecular formula is C21H20BrF2N3O3. The zero-order valence-corrected chi connectivity index (χ0v) is 18.1.